The SMILES string of the molecule is CNC1CCC(n2c(=O)n(C)c3cnc4ccc(-c5cnc6ccccc6c5)nc4c32)CC1. The fourth-order valence-corrected chi connectivity index (χ4v) is 5.22. The van der Waals surface area contributed by atoms with Crippen LogP contribution in [0.2, 0.25) is 0 Å². The van der Waals surface area contributed by atoms with Crippen LogP contribution in [0.15, 0.2) is 59.7 Å². The van der Waals surface area contributed by atoms with Crippen LogP contribution < -0.4 is 11.0 Å². The molecular weight excluding hydrogens is 412 g/mol. The molecule has 0 aliphatic heterocycles. The molecule has 7 nitrogen and oxygen atoms in total. The molecule has 0 unspecified atom stereocenters. The number of nitrogens with zero attached hydrogens (tertiary/aromatic N) is 5. The van der Waals surface area contributed by atoms with Crippen LogP contribution in [-0.2, 0) is 7.05 Å². The zero-order chi connectivity index (χ0) is 22.5. The van der Waals surface area contributed by atoms with Crippen molar-refractivity contribution in [2.45, 2.75) is 37.8 Å². The maximum atomic E-state index is 13.3. The van der Waals surface area contributed by atoms with E-state index in [9.17, 15) is 4.79 Å². The molecule has 1 saturated carbocycles. The number of hydrogen-bond acceptors (Lipinski definition) is 5. The van der Waals surface area contributed by atoms with Crippen molar-refractivity contribution in [1.82, 2.24) is 29.4 Å². The highest BCUT2D eigenvalue weighted by Gasteiger charge is 2.26. The second-order valence-corrected chi connectivity index (χ2v) is 8.98. The Morgan fingerprint density at radius 3 is 2.58 bits per heavy atom. The summed E-state index contributed by atoms with van der Waals surface area (Å²) in [7, 11) is 3.84. The molecule has 166 valence electrons. The Hall–Kier alpha value is -3.58. The second-order valence-electron chi connectivity index (χ2n) is 8.98. The third-order valence-corrected chi connectivity index (χ3v) is 7.12. The Balaban J connectivity index is 1.55. The first kappa shape index (κ1) is 20.1. The van der Waals surface area contributed by atoms with Gasteiger partial charge in [-0.25, -0.2) is 9.78 Å². The van der Waals surface area contributed by atoms with E-state index in [1.54, 1.807) is 10.8 Å². The number of fused-ring (bicyclic) bond motifs is 4. The molecule has 33 heavy (non-hydrogen) atoms. The number of rotatable bonds is 3. The molecule has 5 aromatic rings. The average Bonchev–Trinajstić information content (AvgIpc) is 3.13. The molecule has 4 aromatic heterocycles. The number of para-hydroxylation sites is 1. The lowest BCUT2D eigenvalue weighted by Gasteiger charge is -2.29. The van der Waals surface area contributed by atoms with E-state index in [0.717, 1.165) is 69.9 Å². The Bertz CT molecular complexity index is 1560. The first-order valence-corrected chi connectivity index (χ1v) is 11.5. The highest BCUT2D eigenvalue weighted by Crippen LogP contribution is 2.33. The van der Waals surface area contributed by atoms with Gasteiger partial charge in [-0.05, 0) is 57.0 Å². The lowest BCUT2D eigenvalue weighted by molar-refractivity contribution is 0.300. The normalized spacial score (nSPS) is 19.0. The van der Waals surface area contributed by atoms with E-state index >= 15 is 0 Å². The highest BCUT2D eigenvalue weighted by atomic mass is 16.1. The summed E-state index contributed by atoms with van der Waals surface area (Å²) in [6, 6.07) is 14.9. The third-order valence-electron chi connectivity index (χ3n) is 7.12. The minimum atomic E-state index is 0.00628. The van der Waals surface area contributed by atoms with Crippen LogP contribution >= 0.6 is 0 Å². The van der Waals surface area contributed by atoms with Crippen LogP contribution in [-0.4, -0.2) is 37.2 Å². The van der Waals surface area contributed by atoms with Crippen molar-refractivity contribution in [2.24, 2.45) is 7.05 Å². The maximum Gasteiger partial charge on any atom is 0.329 e. The van der Waals surface area contributed by atoms with Crippen LogP contribution in [0.1, 0.15) is 31.7 Å². The molecule has 0 bridgehead atoms. The molecule has 0 atom stereocenters. The van der Waals surface area contributed by atoms with Crippen molar-refractivity contribution < 1.29 is 0 Å². The van der Waals surface area contributed by atoms with E-state index in [2.05, 4.69) is 27.4 Å². The van der Waals surface area contributed by atoms with Gasteiger partial charge in [0.25, 0.3) is 0 Å². The van der Waals surface area contributed by atoms with E-state index in [1.165, 1.54) is 0 Å². The summed E-state index contributed by atoms with van der Waals surface area (Å²) in [5, 5.41) is 4.46. The van der Waals surface area contributed by atoms with Crippen molar-refractivity contribution in [3.05, 3.63) is 65.3 Å². The Labute approximate surface area is 191 Å². The molecule has 0 radical (unpaired) electrons. The number of imidazole rings is 1. The van der Waals surface area contributed by atoms with E-state index in [4.69, 9.17) is 4.98 Å². The Morgan fingerprint density at radius 2 is 1.76 bits per heavy atom. The molecule has 1 aliphatic rings. The van der Waals surface area contributed by atoms with Gasteiger partial charge in [-0.1, -0.05) is 18.2 Å². The number of aryl methyl sites for hydroxylation is 1. The van der Waals surface area contributed by atoms with Gasteiger partial charge in [0.1, 0.15) is 5.52 Å². The van der Waals surface area contributed by atoms with Crippen LogP contribution in [0.25, 0.3) is 44.2 Å². The first-order chi connectivity index (χ1) is 16.1. The predicted molar refractivity (Wildman–Crippen MR) is 131 cm³/mol. The van der Waals surface area contributed by atoms with Crippen molar-refractivity contribution in [3.63, 3.8) is 0 Å². The fraction of sp³-hybridized carbons (Fsp3) is 0.308. The molecule has 7 heteroatoms. The second kappa shape index (κ2) is 7.78. The zero-order valence-corrected chi connectivity index (χ0v) is 18.8. The van der Waals surface area contributed by atoms with Crippen LogP contribution in [0.5, 0.6) is 0 Å². The smallest absolute Gasteiger partial charge is 0.317 e. The molecule has 1 aromatic carbocycles. The summed E-state index contributed by atoms with van der Waals surface area (Å²) in [5.74, 6) is 0. The maximum absolute atomic E-state index is 13.3. The summed E-state index contributed by atoms with van der Waals surface area (Å²) >= 11 is 0. The summed E-state index contributed by atoms with van der Waals surface area (Å²) in [6.45, 7) is 0. The van der Waals surface area contributed by atoms with Gasteiger partial charge in [-0.2, -0.15) is 0 Å². The highest BCUT2D eigenvalue weighted by molar-refractivity contribution is 6.00. The average molecular weight is 439 g/mol. The first-order valence-electron chi connectivity index (χ1n) is 11.5. The minimum Gasteiger partial charge on any atom is -0.317 e. The Kier molecular flexibility index (Phi) is 4.73. The molecule has 0 amide bonds. The van der Waals surface area contributed by atoms with Gasteiger partial charge < -0.3 is 5.32 Å². The minimum absolute atomic E-state index is 0.00628. The van der Waals surface area contributed by atoms with Crippen molar-refractivity contribution in [2.75, 3.05) is 7.05 Å². The van der Waals surface area contributed by atoms with Crippen molar-refractivity contribution in [3.8, 4) is 11.3 Å². The van der Waals surface area contributed by atoms with Crippen molar-refractivity contribution in [1.29, 1.82) is 0 Å². The van der Waals surface area contributed by atoms with E-state index < -0.39 is 0 Å². The predicted octanol–water partition coefficient (Wildman–Crippen LogP) is 4.20. The lowest BCUT2D eigenvalue weighted by Crippen LogP contribution is -2.34. The topological polar surface area (TPSA) is 77.6 Å². The third kappa shape index (κ3) is 3.23. The van der Waals surface area contributed by atoms with Crippen LogP contribution in [0, 0.1) is 0 Å². The summed E-state index contributed by atoms with van der Waals surface area (Å²) < 4.78 is 3.68. The van der Waals surface area contributed by atoms with Crippen LogP contribution in [0.3, 0.4) is 0 Å². The molecule has 6 rings (SSSR count). The zero-order valence-electron chi connectivity index (χ0n) is 18.8. The number of pyridine rings is 3. The fourth-order valence-electron chi connectivity index (χ4n) is 5.22. The van der Waals surface area contributed by atoms with Crippen LogP contribution in [0.4, 0.5) is 0 Å². The monoisotopic (exact) mass is 438 g/mol. The number of aromatic nitrogens is 5. The molecule has 0 spiro atoms. The van der Waals surface area contributed by atoms with Crippen molar-refractivity contribution >= 4 is 33.0 Å². The van der Waals surface area contributed by atoms with Gasteiger partial charge in [-0.15, -0.1) is 0 Å². The molecular formula is C26H26N6O. The van der Waals surface area contributed by atoms with Gasteiger partial charge in [0.15, 0.2) is 0 Å². The van der Waals surface area contributed by atoms with E-state index in [-0.39, 0.29) is 11.7 Å². The van der Waals surface area contributed by atoms with Gasteiger partial charge >= 0.3 is 5.69 Å². The molecule has 1 fully saturated rings. The number of benzene rings is 1. The quantitative estimate of drug-likeness (QED) is 0.457. The van der Waals surface area contributed by atoms with Gasteiger partial charge in [0.05, 0.1) is 34.0 Å². The molecule has 1 aliphatic carbocycles. The van der Waals surface area contributed by atoms with Gasteiger partial charge in [-0.3, -0.25) is 19.1 Å². The summed E-state index contributed by atoms with van der Waals surface area (Å²) in [6.07, 6.45) is 7.74. The molecule has 4 heterocycles. The van der Waals surface area contributed by atoms with E-state index in [0.29, 0.717) is 6.04 Å². The molecule has 0 saturated heterocycles. The molecule has 1 N–H and O–H groups in total. The van der Waals surface area contributed by atoms with E-state index in [1.807, 2.05) is 55.2 Å². The Morgan fingerprint density at radius 1 is 0.970 bits per heavy atom. The standard InChI is InChI=1S/C26H26N6O/c1-27-18-7-9-19(10-8-18)32-25-23(31(2)26(32)33)15-29-22-12-11-21(30-24(22)25)17-13-16-5-3-4-6-20(16)28-14-17/h3-6,11-15,18-19,27H,7-10H2,1-2H3. The summed E-state index contributed by atoms with van der Waals surface area (Å²) in [4.78, 5) is 27.6. The van der Waals surface area contributed by atoms with Gasteiger partial charge in [0.2, 0.25) is 0 Å². The summed E-state index contributed by atoms with van der Waals surface area (Å²) in [5.41, 5.74) is 6.02. The number of hydrogen-bond donors (Lipinski definition) is 1. The number of nitrogens with one attached hydrogen (secondary N) is 1. The van der Waals surface area contributed by atoms with Gasteiger partial charge in [0, 0.05) is 36.3 Å². The lowest BCUT2D eigenvalue weighted by atomic mass is 9.91. The largest absolute Gasteiger partial charge is 0.329 e.